The highest BCUT2D eigenvalue weighted by Crippen LogP contribution is 2.23. The van der Waals surface area contributed by atoms with Gasteiger partial charge in [0.25, 0.3) is 5.91 Å². The molecule has 0 spiro atoms. The fourth-order valence-corrected chi connectivity index (χ4v) is 3.18. The van der Waals surface area contributed by atoms with E-state index < -0.39 is 0 Å². The second kappa shape index (κ2) is 8.08. The fourth-order valence-electron chi connectivity index (χ4n) is 3.18. The van der Waals surface area contributed by atoms with Crippen LogP contribution >= 0.6 is 0 Å². The number of rotatable bonds is 6. The summed E-state index contributed by atoms with van der Waals surface area (Å²) in [6.07, 6.45) is 4.26. The third-order valence-electron chi connectivity index (χ3n) is 4.70. The zero-order valence-electron chi connectivity index (χ0n) is 15.6. The second-order valence-corrected chi connectivity index (χ2v) is 6.57. The molecule has 3 aromatic rings. The minimum atomic E-state index is -0.0367. The number of methoxy groups -OCH3 is 1. The summed E-state index contributed by atoms with van der Waals surface area (Å²) in [6.45, 7) is 1.62. The molecule has 2 aromatic heterocycles. The number of hydrogen-bond donors (Lipinski definition) is 0. The average Bonchev–Trinajstić information content (AvgIpc) is 3.42. The fraction of sp³-hybridized carbons (Fsp3) is 0.300. The standard InChI is InChI=1S/C20H21N5O3/c1-27-19-8-7-15(11-21-19)20(26)24-10-9-17(13-24)25-12-16(22-23-25)14-28-18-5-3-2-4-6-18/h2-8,11-12,17H,9-10,13-14H2,1H3. The van der Waals surface area contributed by atoms with Gasteiger partial charge in [0.15, 0.2) is 0 Å². The molecule has 8 nitrogen and oxygen atoms in total. The van der Waals surface area contributed by atoms with Crippen LogP contribution in [-0.4, -0.2) is 51.0 Å². The van der Waals surface area contributed by atoms with Gasteiger partial charge < -0.3 is 14.4 Å². The van der Waals surface area contributed by atoms with E-state index in [4.69, 9.17) is 9.47 Å². The highest BCUT2D eigenvalue weighted by molar-refractivity contribution is 5.94. The highest BCUT2D eigenvalue weighted by atomic mass is 16.5. The average molecular weight is 379 g/mol. The number of benzene rings is 1. The Morgan fingerprint density at radius 2 is 2.07 bits per heavy atom. The molecule has 1 unspecified atom stereocenters. The molecular weight excluding hydrogens is 358 g/mol. The van der Waals surface area contributed by atoms with E-state index in [9.17, 15) is 4.79 Å². The highest BCUT2D eigenvalue weighted by Gasteiger charge is 2.29. The molecule has 1 fully saturated rings. The molecule has 1 saturated heterocycles. The number of ether oxygens (including phenoxy) is 2. The lowest BCUT2D eigenvalue weighted by atomic mass is 10.2. The Balaban J connectivity index is 1.35. The van der Waals surface area contributed by atoms with Crippen molar-refractivity contribution >= 4 is 5.91 Å². The third kappa shape index (κ3) is 3.95. The first-order valence-corrected chi connectivity index (χ1v) is 9.11. The first-order chi connectivity index (χ1) is 13.7. The van der Waals surface area contributed by atoms with Crippen molar-refractivity contribution in [2.75, 3.05) is 20.2 Å². The zero-order valence-corrected chi connectivity index (χ0v) is 15.6. The van der Waals surface area contributed by atoms with Gasteiger partial charge in [-0.2, -0.15) is 0 Å². The summed E-state index contributed by atoms with van der Waals surface area (Å²) in [7, 11) is 1.55. The maximum Gasteiger partial charge on any atom is 0.255 e. The van der Waals surface area contributed by atoms with Crippen LogP contribution in [0.1, 0.15) is 28.5 Å². The van der Waals surface area contributed by atoms with Crippen molar-refractivity contribution in [2.24, 2.45) is 0 Å². The van der Waals surface area contributed by atoms with E-state index in [0.717, 1.165) is 17.9 Å². The lowest BCUT2D eigenvalue weighted by molar-refractivity contribution is 0.0786. The first-order valence-electron chi connectivity index (χ1n) is 9.11. The van der Waals surface area contributed by atoms with Gasteiger partial charge in [-0.15, -0.1) is 5.10 Å². The van der Waals surface area contributed by atoms with Gasteiger partial charge in [0, 0.05) is 25.4 Å². The molecule has 0 bridgehead atoms. The van der Waals surface area contributed by atoms with E-state index in [2.05, 4.69) is 15.3 Å². The van der Waals surface area contributed by atoms with E-state index in [0.29, 0.717) is 31.1 Å². The summed E-state index contributed by atoms with van der Waals surface area (Å²) >= 11 is 0. The topological polar surface area (TPSA) is 82.4 Å². The molecular formula is C20H21N5O3. The summed E-state index contributed by atoms with van der Waals surface area (Å²) in [6, 6.07) is 13.1. The summed E-state index contributed by atoms with van der Waals surface area (Å²) < 4.78 is 12.6. The summed E-state index contributed by atoms with van der Waals surface area (Å²) in [5.74, 6) is 1.25. The number of carbonyl (C=O) groups is 1. The van der Waals surface area contributed by atoms with E-state index >= 15 is 0 Å². The van der Waals surface area contributed by atoms with Crippen molar-refractivity contribution < 1.29 is 14.3 Å². The van der Waals surface area contributed by atoms with Crippen LogP contribution in [0.4, 0.5) is 0 Å². The number of nitrogens with zero attached hydrogens (tertiary/aromatic N) is 5. The molecule has 8 heteroatoms. The monoisotopic (exact) mass is 379 g/mol. The Morgan fingerprint density at radius 3 is 2.82 bits per heavy atom. The van der Waals surface area contributed by atoms with E-state index in [1.807, 2.05) is 46.1 Å². The van der Waals surface area contributed by atoms with Gasteiger partial charge >= 0.3 is 0 Å². The van der Waals surface area contributed by atoms with Crippen molar-refractivity contribution in [3.05, 3.63) is 66.1 Å². The molecule has 1 atom stereocenters. The minimum absolute atomic E-state index is 0.0367. The van der Waals surface area contributed by atoms with Gasteiger partial charge in [0.1, 0.15) is 18.1 Å². The Kier molecular flexibility index (Phi) is 5.18. The van der Waals surface area contributed by atoms with Crippen LogP contribution in [0.15, 0.2) is 54.9 Å². The molecule has 0 saturated carbocycles. The van der Waals surface area contributed by atoms with Crippen molar-refractivity contribution in [3.63, 3.8) is 0 Å². The van der Waals surface area contributed by atoms with Crippen LogP contribution in [0.5, 0.6) is 11.6 Å². The first kappa shape index (κ1) is 18.0. The second-order valence-electron chi connectivity index (χ2n) is 6.57. The SMILES string of the molecule is COc1ccc(C(=O)N2CCC(n3cc(COc4ccccc4)nn3)C2)cn1. The van der Waals surface area contributed by atoms with Crippen LogP contribution < -0.4 is 9.47 Å². The number of hydrogen-bond acceptors (Lipinski definition) is 6. The summed E-state index contributed by atoms with van der Waals surface area (Å²) in [4.78, 5) is 18.6. The van der Waals surface area contributed by atoms with Crippen molar-refractivity contribution in [1.82, 2.24) is 24.9 Å². The molecule has 0 aliphatic carbocycles. The molecule has 28 heavy (non-hydrogen) atoms. The van der Waals surface area contributed by atoms with Gasteiger partial charge in [-0.25, -0.2) is 9.67 Å². The molecule has 1 amide bonds. The van der Waals surface area contributed by atoms with Crippen LogP contribution in [0.2, 0.25) is 0 Å². The zero-order chi connectivity index (χ0) is 19.3. The summed E-state index contributed by atoms with van der Waals surface area (Å²) in [5.41, 5.74) is 1.31. The molecule has 1 aromatic carbocycles. The molecule has 0 radical (unpaired) electrons. The molecule has 1 aliphatic rings. The van der Waals surface area contributed by atoms with E-state index in [1.54, 1.807) is 25.4 Å². The Bertz CT molecular complexity index is 927. The summed E-state index contributed by atoms with van der Waals surface area (Å²) in [5, 5.41) is 8.40. The molecule has 0 N–H and O–H groups in total. The van der Waals surface area contributed by atoms with Crippen molar-refractivity contribution in [1.29, 1.82) is 0 Å². The van der Waals surface area contributed by atoms with Gasteiger partial charge in [0.2, 0.25) is 5.88 Å². The lowest BCUT2D eigenvalue weighted by Crippen LogP contribution is -2.29. The van der Waals surface area contributed by atoms with E-state index in [-0.39, 0.29) is 11.9 Å². The molecule has 4 rings (SSSR count). The number of aromatic nitrogens is 4. The largest absolute Gasteiger partial charge is 0.487 e. The van der Waals surface area contributed by atoms with E-state index in [1.165, 1.54) is 0 Å². The Morgan fingerprint density at radius 1 is 1.21 bits per heavy atom. The van der Waals surface area contributed by atoms with Crippen LogP contribution in [0.25, 0.3) is 0 Å². The predicted octanol–water partition coefficient (Wildman–Crippen LogP) is 2.35. The molecule has 144 valence electrons. The maximum absolute atomic E-state index is 12.7. The number of likely N-dealkylation sites (tertiary alicyclic amines) is 1. The Hall–Kier alpha value is -3.42. The number of amides is 1. The van der Waals surface area contributed by atoms with Crippen molar-refractivity contribution in [3.8, 4) is 11.6 Å². The Labute approximate surface area is 162 Å². The van der Waals surface area contributed by atoms with Gasteiger partial charge in [-0.3, -0.25) is 4.79 Å². The smallest absolute Gasteiger partial charge is 0.255 e. The maximum atomic E-state index is 12.7. The van der Waals surface area contributed by atoms with Gasteiger partial charge in [-0.05, 0) is 24.6 Å². The lowest BCUT2D eigenvalue weighted by Gasteiger charge is -2.16. The number of pyridine rings is 1. The normalized spacial score (nSPS) is 16.2. The minimum Gasteiger partial charge on any atom is -0.487 e. The van der Waals surface area contributed by atoms with Crippen LogP contribution in [-0.2, 0) is 6.61 Å². The van der Waals surface area contributed by atoms with Crippen LogP contribution in [0.3, 0.4) is 0 Å². The third-order valence-corrected chi connectivity index (χ3v) is 4.70. The number of carbonyl (C=O) groups excluding carboxylic acids is 1. The number of para-hydroxylation sites is 1. The quantitative estimate of drug-likeness (QED) is 0.654. The predicted molar refractivity (Wildman–Crippen MR) is 101 cm³/mol. The molecule has 1 aliphatic heterocycles. The molecule has 3 heterocycles. The van der Waals surface area contributed by atoms with Gasteiger partial charge in [-0.1, -0.05) is 23.4 Å². The van der Waals surface area contributed by atoms with Crippen LogP contribution in [0, 0.1) is 0 Å². The van der Waals surface area contributed by atoms with Crippen molar-refractivity contribution in [2.45, 2.75) is 19.1 Å². The van der Waals surface area contributed by atoms with Gasteiger partial charge in [0.05, 0.1) is 24.9 Å².